The zero-order valence-corrected chi connectivity index (χ0v) is 12.6. The molecule has 4 heteroatoms. The van der Waals surface area contributed by atoms with Gasteiger partial charge >= 0.3 is 0 Å². The van der Waals surface area contributed by atoms with Crippen molar-refractivity contribution < 1.29 is 4.74 Å². The van der Waals surface area contributed by atoms with Gasteiger partial charge in [-0.15, -0.1) is 0 Å². The molecular weight excluding hydrogens is 238 g/mol. The number of ether oxygens (including phenoxy) is 1. The molecule has 0 saturated carbocycles. The van der Waals surface area contributed by atoms with Crippen LogP contribution >= 0.6 is 0 Å². The molecular formula is C15H25N3O. The molecule has 2 rings (SSSR count). The molecule has 0 amide bonds. The number of hydrogen-bond acceptors (Lipinski definition) is 4. The second-order valence-electron chi connectivity index (χ2n) is 6.45. The van der Waals surface area contributed by atoms with E-state index in [1.165, 1.54) is 0 Å². The van der Waals surface area contributed by atoms with Gasteiger partial charge in [-0.2, -0.15) is 0 Å². The Morgan fingerprint density at radius 1 is 1.42 bits per heavy atom. The van der Waals surface area contributed by atoms with Crippen molar-refractivity contribution in [2.75, 3.05) is 6.54 Å². The van der Waals surface area contributed by atoms with Gasteiger partial charge in [0.25, 0.3) is 0 Å². The Hall–Kier alpha value is -1.00. The number of aromatic nitrogens is 2. The quantitative estimate of drug-likeness (QED) is 0.907. The van der Waals surface area contributed by atoms with Crippen LogP contribution in [0.1, 0.15) is 52.8 Å². The number of rotatable bonds is 4. The molecule has 106 valence electrons. The van der Waals surface area contributed by atoms with E-state index in [1.54, 1.807) is 12.5 Å². The highest BCUT2D eigenvalue weighted by Gasteiger charge is 2.49. The van der Waals surface area contributed by atoms with Gasteiger partial charge < -0.3 is 10.1 Å². The Morgan fingerprint density at radius 3 is 2.63 bits per heavy atom. The van der Waals surface area contributed by atoms with Gasteiger partial charge in [-0.05, 0) is 46.7 Å². The number of nitrogens with one attached hydrogen (secondary N) is 1. The first-order chi connectivity index (χ1) is 8.86. The molecule has 1 fully saturated rings. The van der Waals surface area contributed by atoms with Crippen LogP contribution in [0, 0.1) is 5.92 Å². The summed E-state index contributed by atoms with van der Waals surface area (Å²) < 4.78 is 6.21. The highest BCUT2D eigenvalue weighted by atomic mass is 16.5. The SMILES string of the molecule is CCNC(c1ccncn1)C1CC(C)(C)OC1(C)C. The highest BCUT2D eigenvalue weighted by molar-refractivity contribution is 5.11. The van der Waals surface area contributed by atoms with Crippen molar-refractivity contribution in [1.82, 2.24) is 15.3 Å². The Bertz CT molecular complexity index is 417. The standard InChI is InChI=1S/C15H25N3O/c1-6-17-13(12-7-8-16-10-18-12)11-9-14(2,3)19-15(11,4)5/h7-8,10-11,13,17H,6,9H2,1-5H3. The predicted molar refractivity (Wildman–Crippen MR) is 75.8 cm³/mol. The lowest BCUT2D eigenvalue weighted by Gasteiger charge is -2.33. The fourth-order valence-electron chi connectivity index (χ4n) is 3.28. The third-order valence-corrected chi connectivity index (χ3v) is 3.89. The van der Waals surface area contributed by atoms with Crippen molar-refractivity contribution >= 4 is 0 Å². The third-order valence-electron chi connectivity index (χ3n) is 3.89. The van der Waals surface area contributed by atoms with Gasteiger partial charge in [0.05, 0.1) is 22.9 Å². The molecule has 1 aliphatic rings. The summed E-state index contributed by atoms with van der Waals surface area (Å²) in [6.45, 7) is 11.7. The third kappa shape index (κ3) is 3.12. The van der Waals surface area contributed by atoms with E-state index in [9.17, 15) is 0 Å². The van der Waals surface area contributed by atoms with Crippen LogP contribution in [0.5, 0.6) is 0 Å². The first kappa shape index (κ1) is 14.4. The summed E-state index contributed by atoms with van der Waals surface area (Å²) >= 11 is 0. The van der Waals surface area contributed by atoms with E-state index in [2.05, 4.69) is 49.9 Å². The first-order valence-corrected chi connectivity index (χ1v) is 7.05. The predicted octanol–water partition coefficient (Wildman–Crippen LogP) is 2.72. The summed E-state index contributed by atoms with van der Waals surface area (Å²) in [7, 11) is 0. The van der Waals surface area contributed by atoms with E-state index >= 15 is 0 Å². The van der Waals surface area contributed by atoms with Crippen LogP contribution in [0.3, 0.4) is 0 Å². The Balaban J connectivity index is 2.30. The van der Waals surface area contributed by atoms with E-state index in [0.717, 1.165) is 18.7 Å². The summed E-state index contributed by atoms with van der Waals surface area (Å²) in [5.41, 5.74) is 0.826. The van der Waals surface area contributed by atoms with Crippen molar-refractivity contribution in [3.63, 3.8) is 0 Å². The van der Waals surface area contributed by atoms with Crippen molar-refractivity contribution in [3.8, 4) is 0 Å². The molecule has 0 bridgehead atoms. The maximum atomic E-state index is 6.21. The van der Waals surface area contributed by atoms with Crippen LogP contribution in [0.2, 0.25) is 0 Å². The lowest BCUT2D eigenvalue weighted by molar-refractivity contribution is -0.0779. The zero-order valence-electron chi connectivity index (χ0n) is 12.6. The molecule has 0 radical (unpaired) electrons. The molecule has 4 nitrogen and oxygen atoms in total. The summed E-state index contributed by atoms with van der Waals surface area (Å²) in [6.07, 6.45) is 4.45. The average Bonchev–Trinajstić information content (AvgIpc) is 2.55. The minimum absolute atomic E-state index is 0.0745. The molecule has 2 unspecified atom stereocenters. The molecule has 1 aliphatic heterocycles. The van der Waals surface area contributed by atoms with Gasteiger partial charge in [0, 0.05) is 12.1 Å². The normalized spacial score (nSPS) is 26.3. The molecule has 1 N–H and O–H groups in total. The summed E-state index contributed by atoms with van der Waals surface area (Å²) in [5, 5.41) is 3.56. The van der Waals surface area contributed by atoms with Crippen LogP contribution in [0.4, 0.5) is 0 Å². The monoisotopic (exact) mass is 263 g/mol. The highest BCUT2D eigenvalue weighted by Crippen LogP contribution is 2.47. The van der Waals surface area contributed by atoms with E-state index in [4.69, 9.17) is 4.74 Å². The fourth-order valence-corrected chi connectivity index (χ4v) is 3.28. The summed E-state index contributed by atoms with van der Waals surface area (Å²) in [4.78, 5) is 8.44. The first-order valence-electron chi connectivity index (χ1n) is 7.05. The largest absolute Gasteiger partial charge is 0.369 e. The molecule has 19 heavy (non-hydrogen) atoms. The van der Waals surface area contributed by atoms with E-state index in [0.29, 0.717) is 5.92 Å². The maximum absolute atomic E-state index is 6.21. The van der Waals surface area contributed by atoms with Gasteiger partial charge in [-0.25, -0.2) is 9.97 Å². The lowest BCUT2D eigenvalue weighted by atomic mass is 9.80. The van der Waals surface area contributed by atoms with Crippen molar-refractivity contribution in [2.45, 2.75) is 58.3 Å². The topological polar surface area (TPSA) is 47.0 Å². The molecule has 1 aromatic rings. The molecule has 0 aromatic carbocycles. The van der Waals surface area contributed by atoms with Crippen molar-refractivity contribution in [2.24, 2.45) is 5.92 Å². The molecule has 1 aromatic heterocycles. The molecule has 2 atom stereocenters. The van der Waals surface area contributed by atoms with Gasteiger partial charge in [-0.3, -0.25) is 0 Å². The minimum Gasteiger partial charge on any atom is -0.369 e. The molecule has 0 aliphatic carbocycles. The zero-order chi connectivity index (χ0) is 14.1. The van der Waals surface area contributed by atoms with Crippen molar-refractivity contribution in [3.05, 3.63) is 24.3 Å². The van der Waals surface area contributed by atoms with Crippen LogP contribution in [0.15, 0.2) is 18.6 Å². The number of hydrogen-bond donors (Lipinski definition) is 1. The minimum atomic E-state index is -0.152. The van der Waals surface area contributed by atoms with Gasteiger partial charge in [0.1, 0.15) is 6.33 Å². The number of nitrogens with zero attached hydrogens (tertiary/aromatic N) is 2. The van der Waals surface area contributed by atoms with Gasteiger partial charge in [-0.1, -0.05) is 6.92 Å². The van der Waals surface area contributed by atoms with Gasteiger partial charge in [0.15, 0.2) is 0 Å². The lowest BCUT2D eigenvalue weighted by Crippen LogP contribution is -2.38. The van der Waals surface area contributed by atoms with Crippen LogP contribution < -0.4 is 5.32 Å². The van der Waals surface area contributed by atoms with Crippen LogP contribution in [-0.4, -0.2) is 27.7 Å². The van der Waals surface area contributed by atoms with E-state index in [-0.39, 0.29) is 17.2 Å². The fraction of sp³-hybridized carbons (Fsp3) is 0.733. The summed E-state index contributed by atoms with van der Waals surface area (Å²) in [5.74, 6) is 0.400. The van der Waals surface area contributed by atoms with Crippen molar-refractivity contribution in [1.29, 1.82) is 0 Å². The van der Waals surface area contributed by atoms with Crippen LogP contribution in [0.25, 0.3) is 0 Å². The van der Waals surface area contributed by atoms with Gasteiger partial charge in [0.2, 0.25) is 0 Å². The molecule has 2 heterocycles. The second-order valence-corrected chi connectivity index (χ2v) is 6.45. The van der Waals surface area contributed by atoms with E-state index in [1.807, 2.05) is 6.07 Å². The van der Waals surface area contributed by atoms with Crippen LogP contribution in [-0.2, 0) is 4.74 Å². The second kappa shape index (κ2) is 5.17. The summed E-state index contributed by atoms with van der Waals surface area (Å²) in [6, 6.07) is 2.21. The Kier molecular flexibility index (Phi) is 3.92. The molecule has 0 spiro atoms. The Labute approximate surface area is 116 Å². The maximum Gasteiger partial charge on any atom is 0.115 e. The van der Waals surface area contributed by atoms with E-state index < -0.39 is 0 Å². The molecule has 1 saturated heterocycles. The average molecular weight is 263 g/mol. The Morgan fingerprint density at radius 2 is 2.16 bits per heavy atom. The smallest absolute Gasteiger partial charge is 0.115 e.